The Balaban J connectivity index is 1.70. The summed E-state index contributed by atoms with van der Waals surface area (Å²) < 4.78 is 33.9. The molecule has 108 valence electrons. The van der Waals surface area contributed by atoms with Crippen LogP contribution in [0.4, 0.5) is 0 Å². The van der Waals surface area contributed by atoms with E-state index >= 15 is 0 Å². The molecule has 0 bridgehead atoms. The molecule has 0 N–H and O–H groups in total. The zero-order chi connectivity index (χ0) is 14.2. The Bertz CT molecular complexity index is 673. The summed E-state index contributed by atoms with van der Waals surface area (Å²) in [5, 5.41) is 4.26. The van der Waals surface area contributed by atoms with E-state index in [4.69, 9.17) is 4.42 Å². The van der Waals surface area contributed by atoms with Crippen molar-refractivity contribution in [3.8, 4) is 0 Å². The molecule has 0 aromatic carbocycles. The first-order valence-corrected chi connectivity index (χ1v) is 8.53. The Hall–Kier alpha value is -1.12. The van der Waals surface area contributed by atoms with Gasteiger partial charge in [-0.2, -0.15) is 9.40 Å². The van der Waals surface area contributed by atoms with Crippen LogP contribution in [0.5, 0.6) is 0 Å². The molecule has 1 fully saturated rings. The Morgan fingerprint density at radius 3 is 2.65 bits per heavy atom. The Labute approximate surface area is 125 Å². The number of nitrogens with zero attached hydrogens (tertiary/aromatic N) is 3. The summed E-state index contributed by atoms with van der Waals surface area (Å²) in [6, 6.07) is 1.73. The first kappa shape index (κ1) is 13.8. The van der Waals surface area contributed by atoms with Crippen LogP contribution >= 0.6 is 15.9 Å². The Morgan fingerprint density at radius 1 is 1.35 bits per heavy atom. The molecule has 0 unspecified atom stereocenters. The molecule has 2 aromatic heterocycles. The van der Waals surface area contributed by atoms with Crippen LogP contribution in [0.1, 0.15) is 18.9 Å². The lowest BCUT2D eigenvalue weighted by Gasteiger charge is -2.30. The van der Waals surface area contributed by atoms with E-state index in [1.54, 1.807) is 6.20 Å². The molecular weight excluding hydrogens is 346 g/mol. The van der Waals surface area contributed by atoms with Crippen molar-refractivity contribution in [3.63, 3.8) is 0 Å². The van der Waals surface area contributed by atoms with E-state index in [-0.39, 0.29) is 10.9 Å². The summed E-state index contributed by atoms with van der Waals surface area (Å²) in [6.45, 7) is 0.991. The van der Waals surface area contributed by atoms with Gasteiger partial charge in [0.25, 0.3) is 0 Å². The molecule has 0 amide bonds. The van der Waals surface area contributed by atoms with Gasteiger partial charge in [0.2, 0.25) is 10.0 Å². The van der Waals surface area contributed by atoms with Crippen LogP contribution in [-0.2, 0) is 10.0 Å². The largest absolute Gasteiger partial charge is 0.471 e. The van der Waals surface area contributed by atoms with E-state index in [0.29, 0.717) is 13.1 Å². The van der Waals surface area contributed by atoms with Gasteiger partial charge in [-0.3, -0.25) is 4.68 Å². The maximum Gasteiger partial charge on any atom is 0.246 e. The van der Waals surface area contributed by atoms with Gasteiger partial charge in [0, 0.05) is 19.3 Å². The molecular formula is C12H14BrN3O3S. The summed E-state index contributed by atoms with van der Waals surface area (Å²) in [4.78, 5) is 0.220. The molecule has 0 saturated carbocycles. The molecule has 1 saturated heterocycles. The highest BCUT2D eigenvalue weighted by molar-refractivity contribution is 9.10. The standard InChI is InChI=1S/C12H14BrN3O3S/c13-10-7-14-16(8-10)11-1-4-15(5-2-11)20(17,18)12-3-6-19-9-12/h3,6-9,11H,1-2,4-5H2. The zero-order valence-electron chi connectivity index (χ0n) is 10.6. The van der Waals surface area contributed by atoms with Gasteiger partial charge in [0.15, 0.2) is 0 Å². The second-order valence-electron chi connectivity index (χ2n) is 4.73. The lowest BCUT2D eigenvalue weighted by Crippen LogP contribution is -2.39. The van der Waals surface area contributed by atoms with Crippen LogP contribution in [-0.4, -0.2) is 35.6 Å². The van der Waals surface area contributed by atoms with Gasteiger partial charge in [-0.15, -0.1) is 0 Å². The maximum atomic E-state index is 12.3. The number of hydrogen-bond acceptors (Lipinski definition) is 4. The van der Waals surface area contributed by atoms with E-state index in [1.165, 1.54) is 22.9 Å². The van der Waals surface area contributed by atoms with E-state index in [9.17, 15) is 8.42 Å². The molecule has 8 heteroatoms. The first-order valence-electron chi connectivity index (χ1n) is 6.29. The number of piperidine rings is 1. The molecule has 0 atom stereocenters. The molecule has 1 aliphatic rings. The summed E-state index contributed by atoms with van der Waals surface area (Å²) in [7, 11) is -3.42. The average molecular weight is 360 g/mol. The van der Waals surface area contributed by atoms with Crippen molar-refractivity contribution in [2.75, 3.05) is 13.1 Å². The van der Waals surface area contributed by atoms with Crippen LogP contribution in [0, 0.1) is 0 Å². The van der Waals surface area contributed by atoms with Gasteiger partial charge in [0.05, 0.1) is 23.0 Å². The third kappa shape index (κ3) is 2.55. The predicted octanol–water partition coefficient (Wildman–Crippen LogP) is 2.26. The van der Waals surface area contributed by atoms with Crippen molar-refractivity contribution >= 4 is 26.0 Å². The minimum Gasteiger partial charge on any atom is -0.471 e. The highest BCUT2D eigenvalue weighted by atomic mass is 79.9. The lowest BCUT2D eigenvalue weighted by atomic mass is 10.1. The van der Waals surface area contributed by atoms with Crippen molar-refractivity contribution < 1.29 is 12.8 Å². The van der Waals surface area contributed by atoms with Crippen LogP contribution < -0.4 is 0 Å². The predicted molar refractivity (Wildman–Crippen MR) is 75.7 cm³/mol. The third-order valence-electron chi connectivity index (χ3n) is 3.50. The second-order valence-corrected chi connectivity index (χ2v) is 7.59. The highest BCUT2D eigenvalue weighted by Crippen LogP contribution is 2.27. The van der Waals surface area contributed by atoms with Crippen LogP contribution in [0.25, 0.3) is 0 Å². The fourth-order valence-corrected chi connectivity index (χ4v) is 4.11. The number of furan rings is 1. The van der Waals surface area contributed by atoms with Gasteiger partial charge in [-0.05, 0) is 34.8 Å². The quantitative estimate of drug-likeness (QED) is 0.842. The van der Waals surface area contributed by atoms with Gasteiger partial charge in [0.1, 0.15) is 11.2 Å². The van der Waals surface area contributed by atoms with Crippen molar-refractivity contribution in [3.05, 3.63) is 35.5 Å². The molecule has 0 spiro atoms. The fraction of sp³-hybridized carbons (Fsp3) is 0.417. The fourth-order valence-electron chi connectivity index (χ4n) is 2.41. The van der Waals surface area contributed by atoms with E-state index in [2.05, 4.69) is 21.0 Å². The van der Waals surface area contributed by atoms with Gasteiger partial charge < -0.3 is 4.42 Å². The molecule has 20 heavy (non-hydrogen) atoms. The molecule has 0 radical (unpaired) electrons. The first-order chi connectivity index (χ1) is 9.57. The van der Waals surface area contributed by atoms with Crippen molar-refractivity contribution in [1.29, 1.82) is 0 Å². The van der Waals surface area contributed by atoms with E-state index in [0.717, 1.165) is 17.3 Å². The molecule has 6 nitrogen and oxygen atoms in total. The number of hydrogen-bond donors (Lipinski definition) is 0. The summed E-state index contributed by atoms with van der Waals surface area (Å²) in [5.41, 5.74) is 0. The summed E-state index contributed by atoms with van der Waals surface area (Å²) in [6.07, 6.45) is 7.82. The van der Waals surface area contributed by atoms with Crippen LogP contribution in [0.3, 0.4) is 0 Å². The lowest BCUT2D eigenvalue weighted by molar-refractivity contribution is 0.261. The molecule has 1 aliphatic heterocycles. The molecule has 2 aromatic rings. The number of rotatable bonds is 3. The number of sulfonamides is 1. The monoisotopic (exact) mass is 359 g/mol. The highest BCUT2D eigenvalue weighted by Gasteiger charge is 2.30. The zero-order valence-corrected chi connectivity index (χ0v) is 13.0. The molecule has 3 rings (SSSR count). The van der Waals surface area contributed by atoms with Gasteiger partial charge >= 0.3 is 0 Å². The van der Waals surface area contributed by atoms with Crippen molar-refractivity contribution in [2.45, 2.75) is 23.8 Å². The molecule has 0 aliphatic carbocycles. The van der Waals surface area contributed by atoms with Gasteiger partial charge in [-0.25, -0.2) is 8.42 Å². The summed E-state index contributed by atoms with van der Waals surface area (Å²) in [5.74, 6) is 0. The third-order valence-corrected chi connectivity index (χ3v) is 5.78. The maximum absolute atomic E-state index is 12.3. The average Bonchev–Trinajstić information content (AvgIpc) is 3.10. The van der Waals surface area contributed by atoms with Crippen LogP contribution in [0.2, 0.25) is 0 Å². The van der Waals surface area contributed by atoms with E-state index < -0.39 is 10.0 Å². The minimum absolute atomic E-state index is 0.220. The molecule has 3 heterocycles. The Kier molecular flexibility index (Phi) is 3.70. The number of halogens is 1. The second kappa shape index (κ2) is 5.34. The number of aromatic nitrogens is 2. The normalized spacial score (nSPS) is 18.4. The van der Waals surface area contributed by atoms with Crippen molar-refractivity contribution in [1.82, 2.24) is 14.1 Å². The minimum atomic E-state index is -3.42. The van der Waals surface area contributed by atoms with Crippen LogP contribution in [0.15, 0.2) is 44.8 Å². The smallest absolute Gasteiger partial charge is 0.246 e. The van der Waals surface area contributed by atoms with Gasteiger partial charge in [-0.1, -0.05) is 0 Å². The Morgan fingerprint density at radius 2 is 2.10 bits per heavy atom. The van der Waals surface area contributed by atoms with Crippen molar-refractivity contribution in [2.24, 2.45) is 0 Å². The SMILES string of the molecule is O=S(=O)(c1ccoc1)N1CCC(n2cc(Br)cn2)CC1. The summed E-state index contributed by atoms with van der Waals surface area (Å²) >= 11 is 3.37. The topological polar surface area (TPSA) is 68.3 Å². The van der Waals surface area contributed by atoms with E-state index in [1.807, 2.05) is 10.9 Å².